The smallest absolute Gasteiger partial charge is 0.128 e. The third-order valence-corrected chi connectivity index (χ3v) is 1.48. The lowest BCUT2D eigenvalue weighted by molar-refractivity contribution is 0.864. The van der Waals surface area contributed by atoms with E-state index in [1.54, 1.807) is 0 Å². The number of aromatic nitrogens is 3. The molecule has 0 atom stereocenters. The van der Waals surface area contributed by atoms with Gasteiger partial charge in [-0.15, -0.1) is 0 Å². The molecule has 0 saturated heterocycles. The molecule has 3 nitrogen and oxygen atoms in total. The van der Waals surface area contributed by atoms with Crippen molar-refractivity contribution in [2.75, 3.05) is 0 Å². The van der Waals surface area contributed by atoms with Gasteiger partial charge in [0.05, 0.1) is 20.1 Å². The van der Waals surface area contributed by atoms with Crippen LogP contribution in [-0.2, 0) is 0 Å². The van der Waals surface area contributed by atoms with Crippen molar-refractivity contribution < 1.29 is 8.22 Å². The Kier molecular flexibility index (Phi) is 0.842. The van der Waals surface area contributed by atoms with Crippen molar-refractivity contribution in [1.29, 1.82) is 0 Å². The molecule has 0 fully saturated rings. The fourth-order valence-corrected chi connectivity index (χ4v) is 0.914. The lowest BCUT2D eigenvalue weighted by atomic mass is 10.4. The Labute approximate surface area is 86.6 Å². The zero-order valence-corrected chi connectivity index (χ0v) is 7.31. The summed E-state index contributed by atoms with van der Waals surface area (Å²) >= 11 is 2.98. The molecule has 60 valence electrons. The Morgan fingerprint density at radius 1 is 1.50 bits per heavy atom. The van der Waals surface area contributed by atoms with Gasteiger partial charge in [0.15, 0.2) is 0 Å². The maximum absolute atomic E-state index is 7.70. The Balaban J connectivity index is 2.79. The van der Waals surface area contributed by atoms with E-state index in [0.717, 1.165) is 4.68 Å². The molecule has 0 unspecified atom stereocenters. The summed E-state index contributed by atoms with van der Waals surface area (Å²) in [4.78, 5) is 3.50. The van der Waals surface area contributed by atoms with Gasteiger partial charge in [-0.05, 0) is 34.1 Å². The summed E-state index contributed by atoms with van der Waals surface area (Å²) in [6.07, 6.45) is -1.22. The molecule has 0 aliphatic rings. The van der Waals surface area contributed by atoms with E-state index in [4.69, 9.17) is 8.22 Å². The van der Waals surface area contributed by atoms with Gasteiger partial charge in [-0.3, -0.25) is 4.98 Å². The Morgan fingerprint density at radius 2 is 2.42 bits per heavy atom. The molecule has 0 N–H and O–H groups in total. The van der Waals surface area contributed by atoms with Crippen molar-refractivity contribution in [2.45, 2.75) is 0 Å². The van der Waals surface area contributed by atoms with Crippen LogP contribution in [-0.4, -0.2) is 14.8 Å². The summed E-state index contributed by atoms with van der Waals surface area (Å²) in [6.45, 7) is 0. The number of hydrogen-bond acceptors (Lipinski definition) is 2. The predicted octanol–water partition coefficient (Wildman–Crippen LogP) is 2.03. The quantitative estimate of drug-likeness (QED) is 0.750. The van der Waals surface area contributed by atoms with Crippen molar-refractivity contribution in [3.05, 3.63) is 41.2 Å². The van der Waals surface area contributed by atoms with E-state index in [9.17, 15) is 0 Å². The first-order valence-electron chi connectivity index (χ1n) is 6.01. The highest BCUT2D eigenvalue weighted by Crippen LogP contribution is 2.08. The Hall–Kier alpha value is -1.16. The van der Waals surface area contributed by atoms with Gasteiger partial charge in [-0.25, -0.2) is 4.68 Å². The van der Waals surface area contributed by atoms with Gasteiger partial charge in [0.25, 0.3) is 0 Å². The molecule has 0 amide bonds. The molecular weight excluding hydrogens is 218 g/mol. The molecule has 0 aromatic carbocycles. The summed E-state index contributed by atoms with van der Waals surface area (Å²) in [5.41, 5.74) is -0.180. The van der Waals surface area contributed by atoms with Crippen LogP contribution in [0.2, 0.25) is 0 Å². The molecule has 12 heavy (non-hydrogen) atoms. The summed E-state index contributed by atoms with van der Waals surface area (Å²) < 4.78 is 46.2. The average molecular weight is 230 g/mol. The molecule has 0 aliphatic carbocycles. The summed E-state index contributed by atoms with van der Waals surface area (Å²) in [5, 5.41) is 3.81. The van der Waals surface area contributed by atoms with Crippen molar-refractivity contribution >= 4 is 15.9 Å². The molecule has 4 heteroatoms. The van der Waals surface area contributed by atoms with E-state index in [2.05, 4.69) is 26.0 Å². The highest BCUT2D eigenvalue weighted by atomic mass is 79.9. The second-order valence-corrected chi connectivity index (χ2v) is 2.62. The normalized spacial score (nSPS) is 17.1. The van der Waals surface area contributed by atoms with Crippen LogP contribution in [0.15, 0.2) is 41.2 Å². The average Bonchev–Trinajstić information content (AvgIpc) is 2.55. The van der Waals surface area contributed by atoms with Crippen LogP contribution < -0.4 is 0 Å². The maximum atomic E-state index is 7.70. The van der Waals surface area contributed by atoms with Crippen molar-refractivity contribution in [3.63, 3.8) is 0 Å². The lowest BCUT2D eigenvalue weighted by Gasteiger charge is -1.97. The second kappa shape index (κ2) is 3.06. The summed E-state index contributed by atoms with van der Waals surface area (Å²) in [6, 6.07) is -1.04. The van der Waals surface area contributed by atoms with Crippen molar-refractivity contribution in [3.8, 4) is 5.69 Å². The highest BCUT2D eigenvalue weighted by Gasteiger charge is 1.96. The molecule has 2 rings (SSSR count). The lowest BCUT2D eigenvalue weighted by Crippen LogP contribution is -1.93. The number of pyridine rings is 1. The SMILES string of the molecule is [2H]c1nc([2H])c(-n2nc(Br)c([2H])c2[2H])c([2H])c1[2H]. The fourth-order valence-electron chi connectivity index (χ4n) is 0.667. The molecule has 0 saturated carbocycles. The monoisotopic (exact) mass is 229 g/mol. The predicted molar refractivity (Wildman–Crippen MR) is 49.1 cm³/mol. The number of hydrogen-bond donors (Lipinski definition) is 0. The minimum Gasteiger partial charge on any atom is -0.262 e. The molecule has 0 spiro atoms. The standard InChI is InChI=1S/C8H6BrN3/c9-8-3-5-12(11-8)7-2-1-4-10-6-7/h1-6H/i1D,2D,3D,4D,5D,6D. The molecule has 0 aliphatic heterocycles. The van der Waals surface area contributed by atoms with Gasteiger partial charge in [0, 0.05) is 12.3 Å². The number of halogens is 1. The van der Waals surface area contributed by atoms with Crippen LogP contribution in [0.1, 0.15) is 8.22 Å². The Morgan fingerprint density at radius 3 is 3.17 bits per heavy atom. The topological polar surface area (TPSA) is 30.7 Å². The van der Waals surface area contributed by atoms with E-state index in [0.29, 0.717) is 0 Å². The van der Waals surface area contributed by atoms with Crippen LogP contribution in [0, 0.1) is 0 Å². The third-order valence-electron chi connectivity index (χ3n) is 1.12. The minimum atomic E-state index is -0.474. The first-order chi connectivity index (χ1) is 8.34. The minimum absolute atomic E-state index is 0.104. The fraction of sp³-hybridized carbons (Fsp3) is 0. The van der Waals surface area contributed by atoms with Crippen molar-refractivity contribution in [2.24, 2.45) is 0 Å². The van der Waals surface area contributed by atoms with Gasteiger partial charge >= 0.3 is 0 Å². The first-order valence-corrected chi connectivity index (χ1v) is 3.80. The molecule has 0 radical (unpaired) electrons. The van der Waals surface area contributed by atoms with Gasteiger partial charge in [-0.1, -0.05) is 0 Å². The maximum Gasteiger partial charge on any atom is 0.128 e. The summed E-state index contributed by atoms with van der Waals surface area (Å²) in [5.74, 6) is 0. The van der Waals surface area contributed by atoms with E-state index in [1.807, 2.05) is 0 Å². The molecule has 2 aromatic heterocycles. The van der Waals surface area contributed by atoms with Crippen LogP contribution in [0.5, 0.6) is 0 Å². The van der Waals surface area contributed by atoms with Crippen LogP contribution in [0.3, 0.4) is 0 Å². The highest BCUT2D eigenvalue weighted by molar-refractivity contribution is 9.10. The van der Waals surface area contributed by atoms with Gasteiger partial charge in [0.2, 0.25) is 0 Å². The van der Waals surface area contributed by atoms with Gasteiger partial charge in [-0.2, -0.15) is 5.10 Å². The van der Waals surface area contributed by atoms with Gasteiger partial charge in [0.1, 0.15) is 4.60 Å². The van der Waals surface area contributed by atoms with E-state index in [1.165, 1.54) is 0 Å². The zero-order chi connectivity index (χ0) is 13.6. The first kappa shape index (κ1) is 3.30. The van der Waals surface area contributed by atoms with E-state index in [-0.39, 0.29) is 22.5 Å². The van der Waals surface area contributed by atoms with Crippen LogP contribution in [0.4, 0.5) is 0 Å². The van der Waals surface area contributed by atoms with Crippen molar-refractivity contribution in [1.82, 2.24) is 14.8 Å². The largest absolute Gasteiger partial charge is 0.262 e. The molecular formula is C8H6BrN3. The molecule has 0 bridgehead atoms. The van der Waals surface area contributed by atoms with Gasteiger partial charge < -0.3 is 0 Å². The molecule has 2 aromatic rings. The summed E-state index contributed by atoms with van der Waals surface area (Å²) in [7, 11) is 0. The number of nitrogens with zero attached hydrogens (tertiary/aromatic N) is 3. The van der Waals surface area contributed by atoms with Crippen LogP contribution in [0.25, 0.3) is 5.69 Å². The van der Waals surface area contributed by atoms with E-state index < -0.39 is 24.4 Å². The zero-order valence-electron chi connectivity index (χ0n) is 11.7. The number of rotatable bonds is 1. The molecule has 2 heterocycles. The van der Waals surface area contributed by atoms with E-state index >= 15 is 0 Å². The second-order valence-electron chi connectivity index (χ2n) is 1.87. The Bertz CT molecular complexity index is 640. The van der Waals surface area contributed by atoms with Crippen LogP contribution >= 0.6 is 15.9 Å². The third kappa shape index (κ3) is 1.38.